The molecule has 1 saturated heterocycles. The highest BCUT2D eigenvalue weighted by molar-refractivity contribution is 6.00. The lowest BCUT2D eigenvalue weighted by Crippen LogP contribution is -2.21. The number of aromatic nitrogens is 5. The molecule has 32 heavy (non-hydrogen) atoms. The molecular weight excluding hydrogens is 417 g/mol. The Labute approximate surface area is 186 Å². The maximum atomic E-state index is 14.8. The van der Waals surface area contributed by atoms with Crippen molar-refractivity contribution in [2.24, 2.45) is 11.7 Å². The fourth-order valence-corrected chi connectivity index (χ4v) is 3.63. The van der Waals surface area contributed by atoms with Crippen LogP contribution in [0.1, 0.15) is 45.8 Å². The molecule has 12 heteroatoms. The Hall–Kier alpha value is -3.83. The van der Waals surface area contributed by atoms with E-state index in [0.717, 1.165) is 25.9 Å². The van der Waals surface area contributed by atoms with E-state index in [4.69, 9.17) is 9.85 Å². The number of fused-ring (bicyclic) bond motifs is 1. The standard InChI is InChI=1S/C20H22FN9O2/c1-10-14(15(16(22)31)26-27-17(10)24-19(32)11-4-5-11)23-20-25-18-13(21)8-12(9-30(18)28-20)29-6-2-3-7-29/h8-9,11H,2-7H2,1H3,(H2,22,31)(H2,23,24,27,28,32)/i1D3. The van der Waals surface area contributed by atoms with E-state index in [2.05, 4.69) is 30.9 Å². The van der Waals surface area contributed by atoms with E-state index in [0.29, 0.717) is 18.5 Å². The summed E-state index contributed by atoms with van der Waals surface area (Å²) in [7, 11) is 0. The molecule has 3 aromatic heterocycles. The number of rotatable bonds is 6. The van der Waals surface area contributed by atoms with Gasteiger partial charge in [-0.15, -0.1) is 15.3 Å². The number of hydrogen-bond acceptors (Lipinski definition) is 8. The monoisotopic (exact) mass is 442 g/mol. The molecule has 1 aliphatic carbocycles. The molecule has 0 aromatic carbocycles. The highest BCUT2D eigenvalue weighted by atomic mass is 19.1. The van der Waals surface area contributed by atoms with Crippen LogP contribution in [0, 0.1) is 18.6 Å². The molecule has 11 nitrogen and oxygen atoms in total. The van der Waals surface area contributed by atoms with Crippen molar-refractivity contribution in [3.8, 4) is 0 Å². The molecule has 3 aromatic rings. The summed E-state index contributed by atoms with van der Waals surface area (Å²) in [6.45, 7) is -1.23. The predicted molar refractivity (Wildman–Crippen MR) is 114 cm³/mol. The van der Waals surface area contributed by atoms with Crippen LogP contribution in [0.3, 0.4) is 0 Å². The summed E-state index contributed by atoms with van der Waals surface area (Å²) in [4.78, 5) is 30.5. The average molecular weight is 442 g/mol. The van der Waals surface area contributed by atoms with Crippen LogP contribution < -0.4 is 21.3 Å². The molecule has 0 unspecified atom stereocenters. The van der Waals surface area contributed by atoms with Crippen LogP contribution in [0.4, 0.5) is 27.5 Å². The first kappa shape index (κ1) is 16.8. The van der Waals surface area contributed by atoms with Gasteiger partial charge in [0.05, 0.1) is 17.6 Å². The van der Waals surface area contributed by atoms with Gasteiger partial charge in [-0.1, -0.05) is 0 Å². The van der Waals surface area contributed by atoms with E-state index in [-0.39, 0.29) is 29.0 Å². The molecule has 5 rings (SSSR count). The highest BCUT2D eigenvalue weighted by Gasteiger charge is 2.31. The van der Waals surface area contributed by atoms with Crippen molar-refractivity contribution in [1.29, 1.82) is 0 Å². The molecule has 0 radical (unpaired) electrons. The van der Waals surface area contributed by atoms with E-state index >= 15 is 0 Å². The zero-order valence-electron chi connectivity index (χ0n) is 19.9. The quantitative estimate of drug-likeness (QED) is 0.524. The van der Waals surface area contributed by atoms with Crippen LogP contribution in [0.5, 0.6) is 0 Å². The number of carbonyl (C=O) groups excluding carboxylic acids is 2. The summed E-state index contributed by atoms with van der Waals surface area (Å²) in [5.41, 5.74) is 4.65. The first-order valence-electron chi connectivity index (χ1n) is 11.7. The van der Waals surface area contributed by atoms with Crippen molar-refractivity contribution >= 4 is 40.6 Å². The molecule has 166 valence electrons. The third kappa shape index (κ3) is 3.67. The molecule has 4 N–H and O–H groups in total. The van der Waals surface area contributed by atoms with Gasteiger partial charge in [-0.2, -0.15) is 4.98 Å². The second-order valence-electron chi connectivity index (χ2n) is 7.84. The number of anilines is 4. The zero-order valence-corrected chi connectivity index (χ0v) is 16.9. The minimum atomic E-state index is -2.83. The van der Waals surface area contributed by atoms with Crippen LogP contribution in [0.25, 0.3) is 5.65 Å². The summed E-state index contributed by atoms with van der Waals surface area (Å²) in [6.07, 6.45) is 5.00. The summed E-state index contributed by atoms with van der Waals surface area (Å²) in [6, 6.07) is 1.36. The zero-order chi connectivity index (χ0) is 24.9. The average Bonchev–Trinajstić information content (AvgIpc) is 3.32. The number of nitrogens with one attached hydrogen (secondary N) is 2. The molecule has 0 spiro atoms. The smallest absolute Gasteiger partial charge is 0.271 e. The Bertz CT molecular complexity index is 1330. The lowest BCUT2D eigenvalue weighted by Gasteiger charge is -2.17. The first-order chi connectivity index (χ1) is 16.6. The third-order valence-corrected chi connectivity index (χ3v) is 5.48. The van der Waals surface area contributed by atoms with Gasteiger partial charge in [-0.3, -0.25) is 9.59 Å². The van der Waals surface area contributed by atoms with Crippen molar-refractivity contribution in [1.82, 2.24) is 24.8 Å². The Morgan fingerprint density at radius 1 is 1.28 bits per heavy atom. The third-order valence-electron chi connectivity index (χ3n) is 5.48. The molecule has 4 heterocycles. The molecule has 0 bridgehead atoms. The number of pyridine rings is 1. The summed E-state index contributed by atoms with van der Waals surface area (Å²) < 4.78 is 40.0. The normalized spacial score (nSPS) is 17.7. The highest BCUT2D eigenvalue weighted by Crippen LogP contribution is 2.32. The van der Waals surface area contributed by atoms with Crippen LogP contribution in [-0.2, 0) is 4.79 Å². The van der Waals surface area contributed by atoms with Crippen LogP contribution in [-0.4, -0.2) is 49.7 Å². The molecule has 1 saturated carbocycles. The molecule has 2 fully saturated rings. The molecular formula is C20H22FN9O2. The topological polar surface area (TPSA) is 143 Å². The molecule has 2 amide bonds. The van der Waals surface area contributed by atoms with Crippen molar-refractivity contribution in [2.45, 2.75) is 32.5 Å². The van der Waals surface area contributed by atoms with Gasteiger partial charge in [0.25, 0.3) is 5.91 Å². The van der Waals surface area contributed by atoms with Gasteiger partial charge >= 0.3 is 0 Å². The van der Waals surface area contributed by atoms with Crippen molar-refractivity contribution in [3.63, 3.8) is 0 Å². The van der Waals surface area contributed by atoms with Crippen LogP contribution in [0.15, 0.2) is 12.3 Å². The number of carbonyl (C=O) groups is 2. The Morgan fingerprint density at radius 3 is 2.75 bits per heavy atom. The maximum Gasteiger partial charge on any atom is 0.271 e. The minimum Gasteiger partial charge on any atom is -0.370 e. The van der Waals surface area contributed by atoms with Gasteiger partial charge in [0.2, 0.25) is 11.9 Å². The first-order valence-corrected chi connectivity index (χ1v) is 10.2. The summed E-state index contributed by atoms with van der Waals surface area (Å²) in [5.74, 6) is -2.84. The number of amides is 2. The Balaban J connectivity index is 1.58. The number of nitrogens with zero attached hydrogens (tertiary/aromatic N) is 6. The van der Waals surface area contributed by atoms with Crippen LogP contribution in [0.2, 0.25) is 0 Å². The second kappa shape index (κ2) is 7.70. The van der Waals surface area contributed by atoms with E-state index < -0.39 is 35.7 Å². The van der Waals surface area contributed by atoms with Gasteiger partial charge in [-0.25, -0.2) is 8.91 Å². The van der Waals surface area contributed by atoms with Crippen LogP contribution >= 0.6 is 0 Å². The second-order valence-corrected chi connectivity index (χ2v) is 7.84. The van der Waals surface area contributed by atoms with Gasteiger partial charge < -0.3 is 21.3 Å². The van der Waals surface area contributed by atoms with E-state index in [1.807, 2.05) is 4.90 Å². The SMILES string of the molecule is [2H]C([2H])([2H])c1c(NC(=O)C2CC2)nnc(C(N)=O)c1Nc1nc2c(F)cc(N3CCCC3)cn2n1. The van der Waals surface area contributed by atoms with E-state index in [1.165, 1.54) is 10.6 Å². The molecule has 0 atom stereocenters. The van der Waals surface area contributed by atoms with Gasteiger partial charge in [0.1, 0.15) is 0 Å². The van der Waals surface area contributed by atoms with Gasteiger partial charge in [0, 0.05) is 34.7 Å². The van der Waals surface area contributed by atoms with E-state index in [1.54, 1.807) is 6.20 Å². The Morgan fingerprint density at radius 2 is 2.06 bits per heavy atom. The maximum absolute atomic E-state index is 14.8. The largest absolute Gasteiger partial charge is 0.370 e. The van der Waals surface area contributed by atoms with Gasteiger partial charge in [0.15, 0.2) is 23.0 Å². The molecule has 1 aliphatic heterocycles. The van der Waals surface area contributed by atoms with Crippen molar-refractivity contribution in [3.05, 3.63) is 29.3 Å². The fourth-order valence-electron chi connectivity index (χ4n) is 3.63. The van der Waals surface area contributed by atoms with Gasteiger partial charge in [-0.05, 0) is 32.5 Å². The minimum absolute atomic E-state index is 0.101. The van der Waals surface area contributed by atoms with Crippen molar-refractivity contribution in [2.75, 3.05) is 28.6 Å². The number of nitrogens with two attached hydrogens (primary N) is 1. The summed E-state index contributed by atoms with van der Waals surface area (Å²) in [5, 5.41) is 16.8. The summed E-state index contributed by atoms with van der Waals surface area (Å²) >= 11 is 0. The fraction of sp³-hybridized carbons (Fsp3) is 0.400. The lowest BCUT2D eigenvalue weighted by atomic mass is 10.2. The predicted octanol–water partition coefficient (Wildman–Crippen LogP) is 1.76. The number of hydrogen-bond donors (Lipinski definition) is 3. The number of halogens is 1. The van der Waals surface area contributed by atoms with E-state index in [9.17, 15) is 14.0 Å². The van der Waals surface area contributed by atoms with Crippen molar-refractivity contribution < 1.29 is 18.1 Å². The lowest BCUT2D eigenvalue weighted by molar-refractivity contribution is -0.117. The Kier molecular flexibility index (Phi) is 4.04. The molecule has 2 aliphatic rings. The number of primary amides is 1.